The second kappa shape index (κ2) is 10.4. The van der Waals surface area contributed by atoms with E-state index in [2.05, 4.69) is 25.6 Å². The van der Waals surface area contributed by atoms with Crippen LogP contribution in [0.15, 0.2) is 48.8 Å². The number of benzene rings is 1. The van der Waals surface area contributed by atoms with Gasteiger partial charge in [0, 0.05) is 30.8 Å². The molecule has 1 aliphatic rings. The topological polar surface area (TPSA) is 107 Å². The highest BCUT2D eigenvalue weighted by molar-refractivity contribution is 5.94. The summed E-state index contributed by atoms with van der Waals surface area (Å²) in [6.45, 7) is 6.17. The summed E-state index contributed by atoms with van der Waals surface area (Å²) in [7, 11) is 0. The maximum Gasteiger partial charge on any atom is 0.268 e. The van der Waals surface area contributed by atoms with E-state index in [1.807, 2.05) is 37.3 Å². The maximum atomic E-state index is 12.8. The molecule has 8 heteroatoms. The number of likely N-dealkylation sites (tertiary alicyclic amines) is 1. The number of aromatic amines is 1. The third-order valence-corrected chi connectivity index (χ3v) is 5.93. The number of anilines is 1. The number of aliphatic hydroxyl groups is 1. The van der Waals surface area contributed by atoms with Gasteiger partial charge in [-0.1, -0.05) is 30.3 Å². The van der Waals surface area contributed by atoms with Crippen LogP contribution in [0.5, 0.6) is 0 Å². The van der Waals surface area contributed by atoms with Crippen molar-refractivity contribution in [1.82, 2.24) is 20.3 Å². The van der Waals surface area contributed by atoms with Gasteiger partial charge in [-0.25, -0.2) is 9.97 Å². The Morgan fingerprint density at radius 3 is 2.78 bits per heavy atom. The van der Waals surface area contributed by atoms with Crippen LogP contribution in [-0.4, -0.2) is 58.8 Å². The molecule has 1 aromatic carbocycles. The molecule has 0 spiro atoms. The van der Waals surface area contributed by atoms with Crippen molar-refractivity contribution < 1.29 is 14.8 Å². The highest BCUT2D eigenvalue weighted by Crippen LogP contribution is 2.23. The van der Waals surface area contributed by atoms with E-state index in [9.17, 15) is 9.90 Å². The van der Waals surface area contributed by atoms with Crippen LogP contribution in [0.3, 0.4) is 0 Å². The van der Waals surface area contributed by atoms with E-state index in [1.165, 1.54) is 25.9 Å². The molecule has 1 aliphatic heterocycles. The summed E-state index contributed by atoms with van der Waals surface area (Å²) in [6, 6.07) is 10.7. The third kappa shape index (κ3) is 5.33. The first-order valence-electron chi connectivity index (χ1n) is 11.2. The summed E-state index contributed by atoms with van der Waals surface area (Å²) in [6.07, 6.45) is 6.21. The Kier molecular flexibility index (Phi) is 7.14. The van der Waals surface area contributed by atoms with Gasteiger partial charge in [0.1, 0.15) is 5.69 Å². The lowest BCUT2D eigenvalue weighted by Crippen LogP contribution is -3.10. The number of nitrogens with zero attached hydrogens (tertiary/aromatic N) is 2. The van der Waals surface area contributed by atoms with E-state index in [1.54, 1.807) is 23.4 Å². The van der Waals surface area contributed by atoms with E-state index in [4.69, 9.17) is 0 Å². The van der Waals surface area contributed by atoms with Crippen LogP contribution in [0.25, 0.3) is 11.3 Å². The Morgan fingerprint density at radius 2 is 2.03 bits per heavy atom. The first-order chi connectivity index (χ1) is 15.6. The Morgan fingerprint density at radius 1 is 1.25 bits per heavy atom. The molecule has 0 radical (unpaired) electrons. The zero-order chi connectivity index (χ0) is 22.3. The molecular formula is C24H31N6O2+. The fourth-order valence-electron chi connectivity index (χ4n) is 4.11. The zero-order valence-electron chi connectivity index (χ0n) is 18.4. The number of carbonyl (C=O) groups is 1. The molecule has 0 aliphatic carbocycles. The van der Waals surface area contributed by atoms with Crippen molar-refractivity contribution >= 4 is 11.9 Å². The van der Waals surface area contributed by atoms with Crippen molar-refractivity contribution in [3.8, 4) is 11.3 Å². The Balaban J connectivity index is 1.42. The lowest BCUT2D eigenvalue weighted by molar-refractivity contribution is -0.885. The van der Waals surface area contributed by atoms with Crippen molar-refractivity contribution in [2.45, 2.75) is 25.8 Å². The number of quaternary nitrogens is 1. The number of aromatic nitrogens is 3. The van der Waals surface area contributed by atoms with Crippen LogP contribution in [0.1, 0.15) is 40.5 Å². The van der Waals surface area contributed by atoms with Crippen LogP contribution >= 0.6 is 0 Å². The molecule has 32 heavy (non-hydrogen) atoms. The Bertz CT molecular complexity index is 1030. The fourth-order valence-corrected chi connectivity index (χ4v) is 4.11. The van der Waals surface area contributed by atoms with Crippen molar-refractivity contribution in [3.05, 3.63) is 65.6 Å². The van der Waals surface area contributed by atoms with Crippen LogP contribution in [0, 0.1) is 6.92 Å². The second-order valence-electron chi connectivity index (χ2n) is 8.28. The largest absolute Gasteiger partial charge is 0.394 e. The lowest BCUT2D eigenvalue weighted by Gasteiger charge is -2.16. The lowest BCUT2D eigenvalue weighted by atomic mass is 10.1. The fraction of sp³-hybridized carbons (Fsp3) is 0.375. The monoisotopic (exact) mass is 435 g/mol. The number of H-pyrrole nitrogens is 1. The van der Waals surface area contributed by atoms with E-state index in [0.717, 1.165) is 35.5 Å². The summed E-state index contributed by atoms with van der Waals surface area (Å²) in [4.78, 5) is 26.5. The molecule has 1 atom stereocenters. The molecule has 3 heterocycles. The first-order valence-corrected chi connectivity index (χ1v) is 11.2. The number of hydrogen-bond acceptors (Lipinski definition) is 5. The Hall–Kier alpha value is -3.23. The SMILES string of the molecule is Cc1cnc(NCC[NH+]2CCCC2)nc1-c1c[nH]c(C(=O)N[C@H](CO)c2ccccc2)c1. The van der Waals surface area contributed by atoms with Gasteiger partial charge in [0.15, 0.2) is 0 Å². The minimum Gasteiger partial charge on any atom is -0.394 e. The van der Waals surface area contributed by atoms with Gasteiger partial charge in [0.05, 0.1) is 44.5 Å². The van der Waals surface area contributed by atoms with Gasteiger partial charge in [0.25, 0.3) is 5.91 Å². The van der Waals surface area contributed by atoms with Crippen molar-refractivity contribution in [1.29, 1.82) is 0 Å². The predicted octanol–water partition coefficient (Wildman–Crippen LogP) is 1.33. The van der Waals surface area contributed by atoms with Gasteiger partial charge in [-0.05, 0) is 24.1 Å². The van der Waals surface area contributed by atoms with Gasteiger partial charge < -0.3 is 25.6 Å². The molecule has 0 saturated carbocycles. The summed E-state index contributed by atoms with van der Waals surface area (Å²) >= 11 is 0. The van der Waals surface area contributed by atoms with E-state index in [0.29, 0.717) is 11.6 Å². The summed E-state index contributed by atoms with van der Waals surface area (Å²) in [5.41, 5.74) is 3.81. The molecule has 3 aromatic rings. The number of hydrogen-bond donors (Lipinski definition) is 5. The first kappa shape index (κ1) is 22.0. The van der Waals surface area contributed by atoms with Crippen molar-refractivity contribution in [2.75, 3.05) is 38.1 Å². The molecule has 0 bridgehead atoms. The second-order valence-corrected chi connectivity index (χ2v) is 8.28. The Labute approximate surface area is 188 Å². The van der Waals surface area contributed by atoms with E-state index >= 15 is 0 Å². The standard InChI is InChI=1S/C24H30N6O2/c1-17-14-27-24(25-9-12-30-10-5-6-11-30)29-22(17)19-13-20(26-15-19)23(32)28-21(16-31)18-7-3-2-4-8-18/h2-4,7-8,13-15,21,26,31H,5-6,9-12,16H2,1H3,(H,28,32)(H,25,27,29)/p+1/t21-/m1/s1. The third-order valence-electron chi connectivity index (χ3n) is 5.93. The molecular weight excluding hydrogens is 404 g/mol. The maximum absolute atomic E-state index is 12.8. The van der Waals surface area contributed by atoms with Crippen LogP contribution in [0.4, 0.5) is 5.95 Å². The number of aryl methyl sites for hydroxylation is 1. The smallest absolute Gasteiger partial charge is 0.268 e. The molecule has 8 nitrogen and oxygen atoms in total. The number of nitrogens with one attached hydrogen (secondary N) is 4. The normalized spacial score (nSPS) is 14.9. The van der Waals surface area contributed by atoms with Crippen molar-refractivity contribution in [3.63, 3.8) is 0 Å². The molecule has 168 valence electrons. The summed E-state index contributed by atoms with van der Waals surface area (Å²) < 4.78 is 0. The number of carbonyl (C=O) groups excluding carboxylic acids is 1. The molecule has 1 saturated heterocycles. The highest BCUT2D eigenvalue weighted by Gasteiger charge is 2.18. The minimum atomic E-state index is -0.468. The van der Waals surface area contributed by atoms with Gasteiger partial charge in [-0.2, -0.15) is 0 Å². The molecule has 4 rings (SSSR count). The predicted molar refractivity (Wildman–Crippen MR) is 124 cm³/mol. The summed E-state index contributed by atoms with van der Waals surface area (Å²) in [5.74, 6) is 0.318. The minimum absolute atomic E-state index is 0.178. The average molecular weight is 436 g/mol. The zero-order valence-corrected chi connectivity index (χ0v) is 18.4. The van der Waals surface area contributed by atoms with E-state index < -0.39 is 6.04 Å². The molecule has 1 amide bonds. The van der Waals surface area contributed by atoms with E-state index in [-0.39, 0.29) is 12.5 Å². The highest BCUT2D eigenvalue weighted by atomic mass is 16.3. The van der Waals surface area contributed by atoms with Gasteiger partial charge >= 0.3 is 0 Å². The molecule has 2 aromatic heterocycles. The van der Waals surface area contributed by atoms with Gasteiger partial charge in [0.2, 0.25) is 5.95 Å². The van der Waals surface area contributed by atoms with Gasteiger partial charge in [-0.15, -0.1) is 0 Å². The van der Waals surface area contributed by atoms with Crippen LogP contribution < -0.4 is 15.5 Å². The van der Waals surface area contributed by atoms with Crippen LogP contribution in [-0.2, 0) is 0 Å². The number of aliphatic hydroxyl groups excluding tert-OH is 1. The number of amides is 1. The molecule has 1 fully saturated rings. The number of rotatable bonds is 9. The molecule has 5 N–H and O–H groups in total. The molecule has 0 unspecified atom stereocenters. The van der Waals surface area contributed by atoms with Crippen molar-refractivity contribution in [2.24, 2.45) is 0 Å². The summed E-state index contributed by atoms with van der Waals surface area (Å²) in [5, 5.41) is 15.9. The average Bonchev–Trinajstić information content (AvgIpc) is 3.51. The van der Waals surface area contributed by atoms with Crippen LogP contribution in [0.2, 0.25) is 0 Å². The quantitative estimate of drug-likeness (QED) is 0.349. The van der Waals surface area contributed by atoms with Gasteiger partial charge in [-0.3, -0.25) is 4.79 Å².